The zero-order chi connectivity index (χ0) is 23.3. The second kappa shape index (κ2) is 8.01. The van der Waals surface area contributed by atoms with E-state index in [9.17, 15) is 30.0 Å². The van der Waals surface area contributed by atoms with Crippen LogP contribution in [0.5, 0.6) is 5.75 Å². The summed E-state index contributed by atoms with van der Waals surface area (Å²) in [6.45, 7) is 0. The minimum Gasteiger partial charge on any atom is -0.479 e. The molecule has 33 heavy (non-hydrogen) atoms. The summed E-state index contributed by atoms with van der Waals surface area (Å²) >= 11 is 0. The van der Waals surface area contributed by atoms with E-state index in [-0.39, 0.29) is 22.5 Å². The summed E-state index contributed by atoms with van der Waals surface area (Å²) in [6, 6.07) is 13.3. The molecule has 4 N–H and O–H groups in total. The summed E-state index contributed by atoms with van der Waals surface area (Å²) in [7, 11) is 0. The fourth-order valence-corrected chi connectivity index (χ4v) is 3.83. The Labute approximate surface area is 184 Å². The first-order valence-electron chi connectivity index (χ1n) is 9.98. The SMILES string of the molecule is O=C(O)C1OC(Oc2c(-c3ccccc3)oc3c(ccc4occc43)c2=O)C(O)C(O)C1O. The van der Waals surface area contributed by atoms with Gasteiger partial charge in [0.2, 0.25) is 17.5 Å². The standard InChI is InChI=1S/C23H18O10/c24-14-12-6-7-13-11(8-9-30-13)19(12)31-18(10-4-2-1-3-5-10)20(14)32-23-17(27)15(25)16(26)21(33-23)22(28)29/h1-9,15-17,21,23,25-27H,(H,28,29). The molecule has 0 radical (unpaired) electrons. The number of carboxylic acids is 1. The summed E-state index contributed by atoms with van der Waals surface area (Å²) in [4.78, 5) is 24.9. The molecule has 4 aromatic rings. The van der Waals surface area contributed by atoms with Crippen molar-refractivity contribution in [3.63, 3.8) is 0 Å². The summed E-state index contributed by atoms with van der Waals surface area (Å²) < 4.78 is 22.3. The highest BCUT2D eigenvalue weighted by Gasteiger charge is 2.48. The number of aliphatic hydroxyl groups is 3. The van der Waals surface area contributed by atoms with Crippen molar-refractivity contribution in [3.05, 3.63) is 65.0 Å². The second-order valence-electron chi connectivity index (χ2n) is 7.58. The molecule has 5 atom stereocenters. The van der Waals surface area contributed by atoms with Crippen LogP contribution in [0.25, 0.3) is 33.3 Å². The molecule has 170 valence electrons. The van der Waals surface area contributed by atoms with Gasteiger partial charge >= 0.3 is 5.97 Å². The Morgan fingerprint density at radius 1 is 0.909 bits per heavy atom. The van der Waals surface area contributed by atoms with Crippen molar-refractivity contribution in [1.29, 1.82) is 0 Å². The van der Waals surface area contributed by atoms with Crippen LogP contribution in [0.2, 0.25) is 0 Å². The van der Waals surface area contributed by atoms with Gasteiger partial charge in [0.15, 0.2) is 11.9 Å². The minimum atomic E-state index is -1.90. The number of aliphatic hydroxyl groups excluding tert-OH is 3. The smallest absolute Gasteiger partial charge is 0.335 e. The molecule has 2 aromatic carbocycles. The number of benzene rings is 2. The minimum absolute atomic E-state index is 0.00471. The van der Waals surface area contributed by atoms with Crippen LogP contribution in [0.3, 0.4) is 0 Å². The molecule has 0 bridgehead atoms. The highest BCUT2D eigenvalue weighted by Crippen LogP contribution is 2.35. The lowest BCUT2D eigenvalue weighted by Gasteiger charge is -2.38. The zero-order valence-electron chi connectivity index (χ0n) is 16.8. The second-order valence-corrected chi connectivity index (χ2v) is 7.58. The van der Waals surface area contributed by atoms with Gasteiger partial charge in [0, 0.05) is 5.56 Å². The zero-order valence-corrected chi connectivity index (χ0v) is 16.8. The first-order valence-corrected chi connectivity index (χ1v) is 9.98. The van der Waals surface area contributed by atoms with E-state index < -0.39 is 42.1 Å². The maximum absolute atomic E-state index is 13.4. The average molecular weight is 454 g/mol. The number of carboxylic acid groups (broad SMARTS) is 1. The monoisotopic (exact) mass is 454 g/mol. The van der Waals surface area contributed by atoms with Gasteiger partial charge in [0.05, 0.1) is 17.0 Å². The molecule has 0 aliphatic carbocycles. The molecule has 2 aromatic heterocycles. The highest BCUT2D eigenvalue weighted by molar-refractivity contribution is 6.02. The van der Waals surface area contributed by atoms with Crippen molar-refractivity contribution < 1.29 is 43.5 Å². The molecule has 1 aliphatic rings. The van der Waals surface area contributed by atoms with Gasteiger partial charge in [-0.1, -0.05) is 30.3 Å². The lowest BCUT2D eigenvalue weighted by molar-refractivity contribution is -0.271. The molecule has 10 nitrogen and oxygen atoms in total. The summed E-state index contributed by atoms with van der Waals surface area (Å²) in [5.41, 5.74) is 0.612. The first kappa shape index (κ1) is 21.2. The van der Waals surface area contributed by atoms with Crippen LogP contribution in [0.1, 0.15) is 0 Å². The highest BCUT2D eigenvalue weighted by atomic mass is 16.7. The summed E-state index contributed by atoms with van der Waals surface area (Å²) in [5, 5.41) is 40.4. The van der Waals surface area contributed by atoms with E-state index in [4.69, 9.17) is 18.3 Å². The topological polar surface area (TPSA) is 160 Å². The number of fused-ring (bicyclic) bond motifs is 3. The molecule has 3 heterocycles. The maximum atomic E-state index is 13.4. The molecule has 1 fully saturated rings. The van der Waals surface area contributed by atoms with Gasteiger partial charge in [-0.2, -0.15) is 0 Å². The van der Waals surface area contributed by atoms with Gasteiger partial charge in [0.1, 0.15) is 29.5 Å². The van der Waals surface area contributed by atoms with E-state index >= 15 is 0 Å². The number of rotatable bonds is 4. The van der Waals surface area contributed by atoms with Crippen LogP contribution in [0, 0.1) is 0 Å². The molecule has 0 spiro atoms. The Morgan fingerprint density at radius 2 is 1.67 bits per heavy atom. The third-order valence-corrected chi connectivity index (χ3v) is 5.53. The van der Waals surface area contributed by atoms with Crippen LogP contribution in [-0.4, -0.2) is 57.1 Å². The largest absolute Gasteiger partial charge is 0.479 e. The first-order chi connectivity index (χ1) is 15.9. The lowest BCUT2D eigenvalue weighted by atomic mass is 9.99. The number of furan rings is 1. The Hall–Kier alpha value is -3.70. The van der Waals surface area contributed by atoms with E-state index in [1.807, 2.05) is 0 Å². The summed E-state index contributed by atoms with van der Waals surface area (Å²) in [6.07, 6.45) is -7.82. The number of carbonyl (C=O) groups is 1. The third kappa shape index (κ3) is 3.45. The summed E-state index contributed by atoms with van der Waals surface area (Å²) in [5.74, 6) is -1.92. The Morgan fingerprint density at radius 3 is 2.39 bits per heavy atom. The molecule has 5 unspecified atom stereocenters. The molecule has 1 aliphatic heterocycles. The number of hydrogen-bond acceptors (Lipinski definition) is 9. The van der Waals surface area contributed by atoms with Crippen LogP contribution in [0.4, 0.5) is 0 Å². The lowest BCUT2D eigenvalue weighted by Crippen LogP contribution is -2.61. The molecular weight excluding hydrogens is 436 g/mol. The van der Waals surface area contributed by atoms with Crippen molar-refractivity contribution >= 4 is 27.9 Å². The molecule has 0 amide bonds. The van der Waals surface area contributed by atoms with Crippen molar-refractivity contribution in [2.75, 3.05) is 0 Å². The Bertz CT molecular complexity index is 1390. The molecule has 5 rings (SSSR count). The van der Waals surface area contributed by atoms with Crippen molar-refractivity contribution in [1.82, 2.24) is 0 Å². The van der Waals surface area contributed by atoms with E-state index in [0.717, 1.165) is 0 Å². The Kier molecular flexibility index (Phi) is 5.14. The molecule has 10 heteroatoms. The van der Waals surface area contributed by atoms with Gasteiger partial charge in [0.25, 0.3) is 0 Å². The molecular formula is C23H18O10. The predicted octanol–water partition coefficient (Wildman–Crippen LogP) is 1.48. The number of aliphatic carboxylic acids is 1. The third-order valence-electron chi connectivity index (χ3n) is 5.53. The van der Waals surface area contributed by atoms with E-state index in [0.29, 0.717) is 16.5 Å². The van der Waals surface area contributed by atoms with Crippen molar-refractivity contribution in [2.45, 2.75) is 30.7 Å². The van der Waals surface area contributed by atoms with E-state index in [2.05, 4.69) is 0 Å². The normalized spacial score (nSPS) is 25.4. The van der Waals surface area contributed by atoms with Crippen LogP contribution in [0.15, 0.2) is 68.4 Å². The fourth-order valence-electron chi connectivity index (χ4n) is 3.83. The van der Waals surface area contributed by atoms with Crippen LogP contribution in [-0.2, 0) is 9.53 Å². The van der Waals surface area contributed by atoms with E-state index in [1.165, 1.54) is 12.3 Å². The number of hydrogen-bond donors (Lipinski definition) is 4. The Balaban J connectivity index is 1.68. The number of ether oxygens (including phenoxy) is 2. The molecule has 1 saturated heterocycles. The van der Waals surface area contributed by atoms with Crippen molar-refractivity contribution in [2.24, 2.45) is 0 Å². The fraction of sp³-hybridized carbons (Fsp3) is 0.217. The quantitative estimate of drug-likeness (QED) is 0.356. The van der Waals surface area contributed by atoms with Crippen LogP contribution < -0.4 is 10.2 Å². The van der Waals surface area contributed by atoms with Crippen LogP contribution >= 0.6 is 0 Å². The van der Waals surface area contributed by atoms with Crippen molar-refractivity contribution in [3.8, 4) is 17.1 Å². The molecule has 0 saturated carbocycles. The van der Waals surface area contributed by atoms with Gasteiger partial charge in [-0.15, -0.1) is 0 Å². The van der Waals surface area contributed by atoms with Gasteiger partial charge in [-0.25, -0.2) is 4.79 Å². The van der Waals surface area contributed by atoms with Gasteiger partial charge in [-0.3, -0.25) is 4.79 Å². The van der Waals surface area contributed by atoms with Gasteiger partial charge in [-0.05, 0) is 18.2 Å². The predicted molar refractivity (Wildman–Crippen MR) is 113 cm³/mol. The van der Waals surface area contributed by atoms with Gasteiger partial charge < -0.3 is 38.7 Å². The maximum Gasteiger partial charge on any atom is 0.335 e. The van der Waals surface area contributed by atoms with E-state index in [1.54, 1.807) is 42.5 Å². The average Bonchev–Trinajstić information content (AvgIpc) is 3.30.